The molecule has 1 aromatic carbocycles. The highest BCUT2D eigenvalue weighted by Gasteiger charge is 2.65. The molecule has 0 unspecified atom stereocenters. The van der Waals surface area contributed by atoms with Crippen LogP contribution in [0, 0.1) is 5.92 Å². The maximum absolute atomic E-state index is 15.3. The first-order valence-corrected chi connectivity index (χ1v) is 13.3. The van der Waals surface area contributed by atoms with Gasteiger partial charge in [-0.1, -0.05) is 6.92 Å². The number of pyridine rings is 1. The summed E-state index contributed by atoms with van der Waals surface area (Å²) in [6, 6.07) is 8.49. The maximum atomic E-state index is 15.3. The van der Waals surface area contributed by atoms with Crippen molar-refractivity contribution >= 4 is 20.0 Å². The summed E-state index contributed by atoms with van der Waals surface area (Å²) in [4.78, 5) is 25.9. The monoisotopic (exact) mass is 446 g/mol. The second kappa shape index (κ2) is 7.58. The third kappa shape index (κ3) is 3.22. The number of aliphatic hydroxyl groups is 1. The van der Waals surface area contributed by atoms with Gasteiger partial charge in [0.15, 0.2) is 11.4 Å². The van der Waals surface area contributed by atoms with Crippen LogP contribution in [0.25, 0.3) is 5.69 Å². The van der Waals surface area contributed by atoms with Gasteiger partial charge in [-0.2, -0.15) is 0 Å². The molecule has 4 atom stereocenters. The zero-order valence-corrected chi connectivity index (χ0v) is 19.0. The van der Waals surface area contributed by atoms with E-state index < -0.39 is 31.6 Å². The van der Waals surface area contributed by atoms with Crippen molar-refractivity contribution in [3.05, 3.63) is 52.4 Å². The van der Waals surface area contributed by atoms with E-state index in [-0.39, 0.29) is 30.2 Å². The maximum Gasteiger partial charge on any atom is 0.297 e. The minimum absolute atomic E-state index is 0.151. The molecule has 1 aromatic heterocycles. The summed E-state index contributed by atoms with van der Waals surface area (Å²) in [7, 11) is -1.79. The minimum Gasteiger partial charge on any atom is -0.491 e. The van der Waals surface area contributed by atoms with Crippen molar-refractivity contribution < 1.29 is 23.5 Å². The average molecular weight is 447 g/mol. The lowest BCUT2D eigenvalue weighted by atomic mass is 9.82. The van der Waals surface area contributed by atoms with Gasteiger partial charge in [-0.3, -0.25) is 14.2 Å². The van der Waals surface area contributed by atoms with E-state index in [1.807, 2.05) is 6.92 Å². The molecule has 166 valence electrons. The Balaban J connectivity index is 1.86. The number of ether oxygens (including phenoxy) is 2. The van der Waals surface area contributed by atoms with Crippen LogP contribution in [0.3, 0.4) is 0 Å². The predicted octanol–water partition coefficient (Wildman–Crippen LogP) is 2.96. The number of rotatable bonds is 5. The number of hydrogen-bond acceptors (Lipinski definition) is 5. The van der Waals surface area contributed by atoms with E-state index in [2.05, 4.69) is 5.32 Å². The molecule has 1 spiro atoms. The van der Waals surface area contributed by atoms with Gasteiger partial charge in [-0.05, 0) is 49.8 Å². The van der Waals surface area contributed by atoms with Crippen molar-refractivity contribution in [1.29, 1.82) is 0 Å². The number of carbonyl (C=O) groups is 1. The number of nitrogens with one attached hydrogen (secondary N) is 1. The van der Waals surface area contributed by atoms with Crippen molar-refractivity contribution in [2.75, 3.05) is 19.0 Å². The predicted molar refractivity (Wildman–Crippen MR) is 117 cm³/mol. The Morgan fingerprint density at radius 2 is 2.06 bits per heavy atom. The van der Waals surface area contributed by atoms with Crippen LogP contribution in [0.4, 0.5) is 9.80 Å². The highest BCUT2D eigenvalue weighted by Crippen LogP contribution is 2.58. The topological polar surface area (TPSA) is 89.8 Å². The largest absolute Gasteiger partial charge is 0.491 e. The molecule has 0 saturated carbocycles. The molecular weight excluding hydrogens is 419 g/mol. The lowest BCUT2D eigenvalue weighted by Crippen LogP contribution is -2.42. The van der Waals surface area contributed by atoms with Crippen molar-refractivity contribution in [3.8, 4) is 11.4 Å². The minimum atomic E-state index is -3.22. The molecule has 2 aliphatic heterocycles. The van der Waals surface area contributed by atoms with Gasteiger partial charge in [0, 0.05) is 41.2 Å². The fourth-order valence-corrected chi connectivity index (χ4v) is 7.78. The van der Waals surface area contributed by atoms with E-state index >= 15 is 4.11 Å². The number of benzene rings is 1. The van der Waals surface area contributed by atoms with Crippen molar-refractivity contribution in [2.45, 2.75) is 43.7 Å². The molecule has 4 rings (SSSR count). The van der Waals surface area contributed by atoms with Gasteiger partial charge < -0.3 is 24.0 Å². The van der Waals surface area contributed by atoms with Gasteiger partial charge in [0.2, 0.25) is 8.41 Å². The molecule has 2 aromatic rings. The van der Waals surface area contributed by atoms with Crippen molar-refractivity contribution in [2.24, 2.45) is 5.92 Å². The molecule has 1 saturated heterocycles. The van der Waals surface area contributed by atoms with Crippen LogP contribution in [0.2, 0.25) is 18.6 Å². The number of amides is 1. The van der Waals surface area contributed by atoms with E-state index in [0.29, 0.717) is 16.9 Å². The summed E-state index contributed by atoms with van der Waals surface area (Å²) in [6.45, 7) is 4.92. The second-order valence-electron chi connectivity index (χ2n) is 8.72. The Hall–Kier alpha value is -2.49. The molecule has 1 amide bonds. The molecule has 31 heavy (non-hydrogen) atoms. The Kier molecular flexibility index (Phi) is 5.31. The number of fused-ring (bicyclic) bond motifs is 2. The molecular formula is C22H27FN2O5Si. The first-order chi connectivity index (χ1) is 14.6. The van der Waals surface area contributed by atoms with Gasteiger partial charge in [-0.15, -0.1) is 0 Å². The second-order valence-corrected chi connectivity index (χ2v) is 12.5. The molecule has 7 nitrogen and oxygen atoms in total. The standard InChI is InChI=1S/C22H27FN2O5Si/c1-13-19(31(3,4)23)17(9-11-26)30-22(13)15-12-14(7-8-16(15)24-21(22)28)25-10-5-6-18(29-2)20(25)27/h5-8,10,12-13,17,19,26H,9,11H2,1-4H3,(H,24,28)/t13-,17+,19-,22+/m1/s1. The summed E-state index contributed by atoms with van der Waals surface area (Å²) in [5, 5.41) is 12.4. The number of nitrogens with zero attached hydrogens (tertiary/aromatic N) is 1. The zero-order chi connectivity index (χ0) is 22.6. The lowest BCUT2D eigenvalue weighted by molar-refractivity contribution is -0.143. The Bertz CT molecular complexity index is 1080. The van der Waals surface area contributed by atoms with Gasteiger partial charge in [0.05, 0.1) is 13.2 Å². The first kappa shape index (κ1) is 21.7. The summed E-state index contributed by atoms with van der Waals surface area (Å²) in [5.74, 6) is -0.575. The molecule has 1 fully saturated rings. The summed E-state index contributed by atoms with van der Waals surface area (Å²) >= 11 is 0. The molecule has 0 radical (unpaired) electrons. The Labute approximate surface area is 181 Å². The first-order valence-electron chi connectivity index (χ1n) is 10.3. The van der Waals surface area contributed by atoms with E-state index in [0.717, 1.165) is 0 Å². The fourth-order valence-electron chi connectivity index (χ4n) is 5.23. The van der Waals surface area contributed by atoms with Crippen LogP contribution in [-0.4, -0.2) is 43.8 Å². The van der Waals surface area contributed by atoms with E-state index in [1.165, 1.54) is 11.7 Å². The van der Waals surface area contributed by atoms with E-state index in [1.54, 1.807) is 49.6 Å². The summed E-state index contributed by atoms with van der Waals surface area (Å²) in [5.41, 5.74) is -0.439. The van der Waals surface area contributed by atoms with Crippen LogP contribution in [0.5, 0.6) is 5.75 Å². The quantitative estimate of drug-likeness (QED) is 0.545. The highest BCUT2D eigenvalue weighted by molar-refractivity contribution is 6.72. The normalized spacial score (nSPS) is 27.4. The van der Waals surface area contributed by atoms with Crippen LogP contribution in [0.1, 0.15) is 18.9 Å². The number of methoxy groups -OCH3 is 1. The fraction of sp³-hybridized carbons (Fsp3) is 0.455. The number of halogens is 1. The molecule has 0 aliphatic carbocycles. The Morgan fingerprint density at radius 1 is 1.32 bits per heavy atom. The number of carbonyl (C=O) groups excluding carboxylic acids is 1. The molecule has 3 heterocycles. The van der Waals surface area contributed by atoms with Gasteiger partial charge >= 0.3 is 0 Å². The van der Waals surface area contributed by atoms with Crippen molar-refractivity contribution in [3.63, 3.8) is 0 Å². The SMILES string of the molecule is COc1cccn(-c2ccc3c(c2)[C@]2(O[C@@H](CCO)[C@H]([Si](C)(C)F)[C@H]2C)C(=O)N3)c1=O. The number of aromatic nitrogens is 1. The van der Waals surface area contributed by atoms with Crippen molar-refractivity contribution in [1.82, 2.24) is 4.57 Å². The molecule has 2 aliphatic rings. The van der Waals surface area contributed by atoms with Crippen LogP contribution in [0.15, 0.2) is 41.3 Å². The summed E-state index contributed by atoms with van der Waals surface area (Å²) < 4.78 is 28.2. The van der Waals surface area contributed by atoms with Crippen LogP contribution < -0.4 is 15.6 Å². The number of anilines is 1. The molecule has 2 N–H and O–H groups in total. The third-order valence-electron chi connectivity index (χ3n) is 6.52. The lowest BCUT2D eigenvalue weighted by Gasteiger charge is -2.30. The average Bonchev–Trinajstić information content (AvgIpc) is 3.16. The van der Waals surface area contributed by atoms with Gasteiger partial charge in [-0.25, -0.2) is 0 Å². The zero-order valence-electron chi connectivity index (χ0n) is 18.0. The molecule has 0 bridgehead atoms. The van der Waals surface area contributed by atoms with Gasteiger partial charge in [0.1, 0.15) is 0 Å². The number of aliphatic hydroxyl groups excluding tert-OH is 1. The van der Waals surface area contributed by atoms with Crippen LogP contribution >= 0.6 is 0 Å². The molecule has 9 heteroatoms. The highest BCUT2D eigenvalue weighted by atomic mass is 28.4. The number of hydrogen-bond donors (Lipinski definition) is 2. The van der Waals surface area contributed by atoms with Crippen LogP contribution in [-0.2, 0) is 15.1 Å². The van der Waals surface area contributed by atoms with E-state index in [9.17, 15) is 14.7 Å². The third-order valence-corrected chi connectivity index (χ3v) is 8.98. The van der Waals surface area contributed by atoms with E-state index in [4.69, 9.17) is 9.47 Å². The summed E-state index contributed by atoms with van der Waals surface area (Å²) in [6.07, 6.45) is 1.32. The smallest absolute Gasteiger partial charge is 0.297 e. The Morgan fingerprint density at radius 3 is 2.71 bits per heavy atom. The van der Waals surface area contributed by atoms with Gasteiger partial charge in [0.25, 0.3) is 11.5 Å².